The predicted octanol–water partition coefficient (Wildman–Crippen LogP) is 11.8. The highest BCUT2D eigenvalue weighted by molar-refractivity contribution is 6.05. The van der Waals surface area contributed by atoms with Gasteiger partial charge in [0.2, 0.25) is 23.6 Å². The fourth-order valence-electron chi connectivity index (χ4n) is 7.14. The second-order valence-electron chi connectivity index (χ2n) is 31.2. The maximum Gasteiger partial charge on any atom is 0.303 e. The molecule has 78 heavy (non-hydrogen) atoms. The van der Waals surface area contributed by atoms with Gasteiger partial charge in [-0.2, -0.15) is 0 Å². The van der Waals surface area contributed by atoms with Crippen molar-refractivity contribution in [1.29, 1.82) is 0 Å². The normalized spacial score (nSPS) is 13.3. The van der Waals surface area contributed by atoms with Crippen LogP contribution >= 0.6 is 0 Å². The third-order valence-corrected chi connectivity index (χ3v) is 10.4. The van der Waals surface area contributed by atoms with Gasteiger partial charge in [-0.3, -0.25) is 47.9 Å². The summed E-state index contributed by atoms with van der Waals surface area (Å²) in [6.07, 6.45) is 3.92. The van der Waals surface area contributed by atoms with Crippen LogP contribution in [0.15, 0.2) is 0 Å². The van der Waals surface area contributed by atoms with Gasteiger partial charge in [0.05, 0.1) is 6.42 Å². The molecule has 4 amide bonds. The molecule has 0 spiro atoms. The van der Waals surface area contributed by atoms with Crippen molar-refractivity contribution < 1.29 is 57.8 Å². The number of carbonyl (C=O) groups is 10. The van der Waals surface area contributed by atoms with Crippen molar-refractivity contribution >= 4 is 58.5 Å². The number of nitrogens with one attached hydrogen (secondary N) is 4. The number of carbonyl (C=O) groups excluding carboxylic acids is 9. The Morgan fingerprint density at radius 1 is 0.333 bits per heavy atom. The molecule has 1 unspecified atom stereocenters. The number of Topliss-reactive ketones (excluding diaryl/α,β-unsaturated/α-hetero) is 5. The maximum absolute atomic E-state index is 12.3. The summed E-state index contributed by atoms with van der Waals surface area (Å²) in [5.41, 5.74) is -2.80. The van der Waals surface area contributed by atoms with E-state index in [4.69, 9.17) is 9.84 Å². The number of ketones is 5. The number of carboxylic acids is 1. The lowest BCUT2D eigenvalue weighted by atomic mass is 9.78. The van der Waals surface area contributed by atoms with Crippen molar-refractivity contribution in [1.82, 2.24) is 21.3 Å². The Morgan fingerprint density at radius 3 is 0.962 bits per heavy atom. The summed E-state index contributed by atoms with van der Waals surface area (Å²) in [4.78, 5) is 117. The second kappa shape index (κ2) is 33.4. The monoisotopic (exact) mass is 1110 g/mol. The minimum absolute atomic E-state index is 0.00764. The average Bonchev–Trinajstić information content (AvgIpc) is 3.13. The molecule has 5 N–H and O–H groups in total. The molecule has 1 atom stereocenters. The fraction of sp³-hybridized carbons (Fsp3) is 0.839. The van der Waals surface area contributed by atoms with Gasteiger partial charge in [-0.05, 0) is 123 Å². The fourth-order valence-corrected chi connectivity index (χ4v) is 7.14. The molecule has 0 fully saturated rings. The van der Waals surface area contributed by atoms with Gasteiger partial charge in [0.1, 0.15) is 36.0 Å². The van der Waals surface area contributed by atoms with Crippen LogP contribution in [0.1, 0.15) is 270 Å². The lowest BCUT2D eigenvalue weighted by Crippen LogP contribution is -2.50. The van der Waals surface area contributed by atoms with Gasteiger partial charge in [0.15, 0.2) is 11.6 Å². The van der Waals surface area contributed by atoms with E-state index in [0.717, 1.165) is 0 Å². The number of rotatable bonds is 24. The van der Waals surface area contributed by atoms with Crippen LogP contribution in [-0.2, 0) is 52.7 Å². The van der Waals surface area contributed by atoms with Crippen LogP contribution in [0.3, 0.4) is 0 Å². The lowest BCUT2D eigenvalue weighted by molar-refractivity contribution is -0.142. The van der Waals surface area contributed by atoms with Gasteiger partial charge in [-0.15, -0.1) is 0 Å². The number of carboxylic acid groups (broad SMARTS) is 1. The quantitative estimate of drug-likeness (QED) is 0.0566. The Labute approximate surface area is 474 Å². The van der Waals surface area contributed by atoms with Gasteiger partial charge >= 0.3 is 5.97 Å². The van der Waals surface area contributed by atoms with Crippen molar-refractivity contribution in [3.63, 3.8) is 0 Å². The molecule has 456 valence electrons. The number of amides is 4. The van der Waals surface area contributed by atoms with Crippen molar-refractivity contribution in [2.24, 2.45) is 32.5 Å². The average molecular weight is 1110 g/mol. The van der Waals surface area contributed by atoms with Crippen LogP contribution in [-0.4, -0.2) is 99.0 Å². The summed E-state index contributed by atoms with van der Waals surface area (Å²) in [5.74, 6) is -1.41. The number of hydrogen-bond donors (Lipinski definition) is 5. The third-order valence-electron chi connectivity index (χ3n) is 10.4. The van der Waals surface area contributed by atoms with Gasteiger partial charge in [-0.1, -0.05) is 104 Å². The zero-order chi connectivity index (χ0) is 62.9. The van der Waals surface area contributed by atoms with Crippen molar-refractivity contribution in [2.45, 2.75) is 293 Å². The van der Waals surface area contributed by atoms with Gasteiger partial charge in [0, 0.05) is 86.4 Å². The van der Waals surface area contributed by atoms with Gasteiger partial charge in [0.25, 0.3) is 0 Å². The first-order chi connectivity index (χ1) is 34.3. The standard InChI is InChI=1S/C21H38N2O5.C14H27NO2.C14H26O3.C13H25NO2/c1-19(2,3)14-15(24)10-12-21(7,23-16(25)8-9-18(27)28)13-11-17(26)22-20(4,5)6;1-12(2,3)9-10(16)14(7,8)11(17)15-13(4,5)6;1-13(2,3)7-11(15)9-17-10-12(16)8-14(4,5)6;1-12(2,3)9-10(15)7-8-11(16)14-13(4,5)6/h8-14H2,1-7H3,(H,22,26)(H,23,25)(H,27,28);9H2,1-8H3,(H,15,17);7-10H2,1-6H3;7-9H2,1-6H3,(H,14,16). The molecule has 0 bridgehead atoms. The highest BCUT2D eigenvalue weighted by Gasteiger charge is 2.39. The first-order valence-corrected chi connectivity index (χ1v) is 27.9. The molecule has 0 aromatic carbocycles. The first-order valence-electron chi connectivity index (χ1n) is 27.9. The molecule has 0 aliphatic carbocycles. The Hall–Kier alpha value is -4.34. The van der Waals surface area contributed by atoms with Crippen molar-refractivity contribution in [2.75, 3.05) is 13.2 Å². The molecule has 0 saturated carbocycles. The number of hydrogen-bond acceptors (Lipinski definition) is 11. The molecule has 0 aromatic heterocycles. The summed E-state index contributed by atoms with van der Waals surface area (Å²) in [6.45, 7) is 52.6. The molecule has 16 heteroatoms. The summed E-state index contributed by atoms with van der Waals surface area (Å²) in [5, 5.41) is 20.2. The van der Waals surface area contributed by atoms with E-state index in [1.54, 1.807) is 20.8 Å². The van der Waals surface area contributed by atoms with Gasteiger partial charge in [-0.25, -0.2) is 0 Å². The van der Waals surface area contributed by atoms with Crippen LogP contribution in [0.25, 0.3) is 0 Å². The molecule has 0 aliphatic heterocycles. The summed E-state index contributed by atoms with van der Waals surface area (Å²) >= 11 is 0. The number of aliphatic carboxylic acids is 1. The number of ether oxygens (including phenoxy) is 1. The molecule has 0 heterocycles. The van der Waals surface area contributed by atoms with E-state index in [-0.39, 0.29) is 129 Å². The lowest BCUT2D eigenvalue weighted by Gasteiger charge is -2.32. The second-order valence-corrected chi connectivity index (χ2v) is 31.2. The van der Waals surface area contributed by atoms with Gasteiger partial charge < -0.3 is 31.1 Å². The van der Waals surface area contributed by atoms with Crippen molar-refractivity contribution in [3.8, 4) is 0 Å². The largest absolute Gasteiger partial charge is 0.481 e. The molecule has 0 aliphatic rings. The summed E-state index contributed by atoms with van der Waals surface area (Å²) < 4.78 is 5.15. The summed E-state index contributed by atoms with van der Waals surface area (Å²) in [6, 6.07) is 0. The van der Waals surface area contributed by atoms with E-state index in [0.29, 0.717) is 64.2 Å². The smallest absolute Gasteiger partial charge is 0.303 e. The Bertz CT molecular complexity index is 1830. The minimum atomic E-state index is -1.04. The Balaban J connectivity index is -0.000000483. The Morgan fingerprint density at radius 2 is 0.628 bits per heavy atom. The van der Waals surface area contributed by atoms with Crippen LogP contribution in [0, 0.1) is 32.5 Å². The molecular formula is C62H116N4O12. The zero-order valence-corrected chi connectivity index (χ0v) is 54.5. The van der Waals surface area contributed by atoms with Crippen LogP contribution in [0.4, 0.5) is 0 Å². The van der Waals surface area contributed by atoms with E-state index in [1.807, 2.05) is 166 Å². The minimum Gasteiger partial charge on any atom is -0.481 e. The highest BCUT2D eigenvalue weighted by atomic mass is 16.5. The van der Waals surface area contributed by atoms with Crippen LogP contribution in [0.2, 0.25) is 0 Å². The molecule has 16 nitrogen and oxygen atoms in total. The molecule has 0 saturated heterocycles. The third kappa shape index (κ3) is 55.0. The van der Waals surface area contributed by atoms with E-state index >= 15 is 0 Å². The maximum atomic E-state index is 12.3. The first kappa shape index (κ1) is 80.1. The highest BCUT2D eigenvalue weighted by Crippen LogP contribution is 2.29. The molecular weight excluding hydrogens is 993 g/mol. The molecule has 0 aromatic rings. The Kier molecular flexibility index (Phi) is 34.3. The van der Waals surface area contributed by atoms with E-state index in [2.05, 4.69) is 21.3 Å². The summed E-state index contributed by atoms with van der Waals surface area (Å²) in [7, 11) is 0. The van der Waals surface area contributed by atoms with Crippen molar-refractivity contribution in [3.05, 3.63) is 0 Å². The van der Waals surface area contributed by atoms with E-state index in [9.17, 15) is 47.9 Å². The van der Waals surface area contributed by atoms with Crippen LogP contribution in [0.5, 0.6) is 0 Å². The molecule has 0 radical (unpaired) electrons. The van der Waals surface area contributed by atoms with E-state index < -0.39 is 16.9 Å². The zero-order valence-electron chi connectivity index (χ0n) is 54.5. The molecule has 0 rings (SSSR count). The predicted molar refractivity (Wildman–Crippen MR) is 315 cm³/mol. The topological polar surface area (TPSA) is 248 Å². The van der Waals surface area contributed by atoms with E-state index in [1.165, 1.54) is 0 Å². The van der Waals surface area contributed by atoms with Crippen LogP contribution < -0.4 is 21.3 Å². The SMILES string of the molecule is CC(C)(C)CC(=O)C(C)(C)C(=O)NC(C)(C)C.CC(C)(C)CC(=O)CCC(=O)NC(C)(C)C.CC(C)(C)CC(=O)CCC(C)(CCC(=O)NC(C)(C)C)NC(=O)CCC(=O)O.CC(C)(C)CC(=O)COCC(=O)CC(C)(C)C.